The van der Waals surface area contributed by atoms with Gasteiger partial charge in [0.25, 0.3) is 0 Å². The van der Waals surface area contributed by atoms with Gasteiger partial charge in [0.05, 0.1) is 25.3 Å². The van der Waals surface area contributed by atoms with Crippen molar-refractivity contribution in [3.05, 3.63) is 42.1 Å². The average Bonchev–Trinajstić information content (AvgIpc) is 2.34. The van der Waals surface area contributed by atoms with E-state index in [-0.39, 0.29) is 12.0 Å². The summed E-state index contributed by atoms with van der Waals surface area (Å²) in [4.78, 5) is 4.30. The number of fused-ring (bicyclic) bond motifs is 1. The number of rotatable bonds is 3. The molecule has 1 fully saturated rings. The lowest BCUT2D eigenvalue weighted by atomic mass is 9.80. The van der Waals surface area contributed by atoms with Gasteiger partial charge in [0.2, 0.25) is 0 Å². The molecule has 0 spiro atoms. The second-order valence-corrected chi connectivity index (χ2v) is 4.86. The summed E-state index contributed by atoms with van der Waals surface area (Å²) in [6.45, 7) is 1.52. The normalized spacial score (nSPS) is 17.9. The first kappa shape index (κ1) is 10.7. The Kier molecular flexibility index (Phi) is 2.57. The van der Waals surface area contributed by atoms with E-state index in [1.807, 2.05) is 12.1 Å². The van der Waals surface area contributed by atoms with Crippen LogP contribution in [0, 0.1) is 5.41 Å². The van der Waals surface area contributed by atoms with Gasteiger partial charge in [0, 0.05) is 17.0 Å². The molecule has 1 saturated heterocycles. The van der Waals surface area contributed by atoms with E-state index in [2.05, 4.69) is 23.2 Å². The molecule has 0 bridgehead atoms. The van der Waals surface area contributed by atoms with Crippen LogP contribution in [0.1, 0.15) is 5.56 Å². The predicted molar refractivity (Wildman–Crippen MR) is 65.8 cm³/mol. The molecule has 1 aromatic heterocycles. The zero-order valence-electron chi connectivity index (χ0n) is 9.60. The van der Waals surface area contributed by atoms with Gasteiger partial charge in [-0.1, -0.05) is 12.1 Å². The van der Waals surface area contributed by atoms with Crippen molar-refractivity contribution < 1.29 is 9.84 Å². The number of hydrogen-bond acceptors (Lipinski definition) is 3. The van der Waals surface area contributed by atoms with Gasteiger partial charge in [-0.15, -0.1) is 0 Å². The van der Waals surface area contributed by atoms with E-state index in [0.717, 1.165) is 17.3 Å². The number of aliphatic hydroxyl groups excluding tert-OH is 1. The maximum Gasteiger partial charge on any atom is 0.0702 e. The molecule has 88 valence electrons. The Bertz CT molecular complexity index is 529. The summed E-state index contributed by atoms with van der Waals surface area (Å²) >= 11 is 0. The van der Waals surface area contributed by atoms with Crippen molar-refractivity contribution in [3.8, 4) is 0 Å². The first-order valence-corrected chi connectivity index (χ1v) is 5.84. The Balaban J connectivity index is 1.90. The van der Waals surface area contributed by atoms with E-state index in [0.29, 0.717) is 13.2 Å². The highest BCUT2D eigenvalue weighted by molar-refractivity contribution is 5.78. The van der Waals surface area contributed by atoms with Crippen LogP contribution in [0.3, 0.4) is 0 Å². The summed E-state index contributed by atoms with van der Waals surface area (Å²) < 4.78 is 5.22. The quantitative estimate of drug-likeness (QED) is 0.872. The van der Waals surface area contributed by atoms with Gasteiger partial charge in [-0.3, -0.25) is 4.98 Å². The number of aliphatic hydroxyl groups is 1. The summed E-state index contributed by atoms with van der Waals surface area (Å²) in [7, 11) is 0. The smallest absolute Gasteiger partial charge is 0.0702 e. The van der Waals surface area contributed by atoms with Crippen molar-refractivity contribution in [1.82, 2.24) is 4.98 Å². The van der Waals surface area contributed by atoms with Crippen LogP contribution in [-0.4, -0.2) is 29.9 Å². The van der Waals surface area contributed by atoms with E-state index in [1.54, 1.807) is 6.20 Å². The highest BCUT2D eigenvalue weighted by atomic mass is 16.5. The predicted octanol–water partition coefficient (Wildman–Crippen LogP) is 1.79. The zero-order valence-corrected chi connectivity index (χ0v) is 9.60. The summed E-state index contributed by atoms with van der Waals surface area (Å²) in [6.07, 6.45) is 2.67. The molecule has 0 aliphatic carbocycles. The number of ether oxygens (including phenoxy) is 1. The van der Waals surface area contributed by atoms with Crippen LogP contribution in [-0.2, 0) is 11.2 Å². The highest BCUT2D eigenvalue weighted by Gasteiger charge is 2.37. The van der Waals surface area contributed by atoms with Crippen LogP contribution in [0.5, 0.6) is 0 Å². The van der Waals surface area contributed by atoms with E-state index in [1.165, 1.54) is 5.56 Å². The molecule has 1 aliphatic rings. The summed E-state index contributed by atoms with van der Waals surface area (Å²) in [5.41, 5.74) is 2.19. The van der Waals surface area contributed by atoms with E-state index < -0.39 is 0 Å². The summed E-state index contributed by atoms with van der Waals surface area (Å²) in [6, 6.07) is 10.3. The molecular formula is C14H15NO2. The molecule has 2 aromatic rings. The van der Waals surface area contributed by atoms with Crippen LogP contribution >= 0.6 is 0 Å². The SMILES string of the molecule is OCC1(Cc2ccc3ncccc3c2)COC1. The topological polar surface area (TPSA) is 42.4 Å². The van der Waals surface area contributed by atoms with Gasteiger partial charge < -0.3 is 9.84 Å². The fourth-order valence-electron chi connectivity index (χ4n) is 2.31. The summed E-state index contributed by atoms with van der Waals surface area (Å²) in [5.74, 6) is 0. The Hall–Kier alpha value is -1.45. The molecule has 1 aliphatic heterocycles. The zero-order chi connectivity index (χ0) is 11.7. The molecule has 3 rings (SSSR count). The van der Waals surface area contributed by atoms with Crippen LogP contribution in [0.4, 0.5) is 0 Å². The third kappa shape index (κ3) is 1.92. The molecule has 1 N–H and O–H groups in total. The first-order valence-electron chi connectivity index (χ1n) is 5.84. The maximum absolute atomic E-state index is 9.42. The minimum atomic E-state index is -0.0596. The molecular weight excluding hydrogens is 214 g/mol. The minimum absolute atomic E-state index is 0.0596. The molecule has 0 saturated carbocycles. The number of hydrogen-bond donors (Lipinski definition) is 1. The Morgan fingerprint density at radius 3 is 2.88 bits per heavy atom. The van der Waals surface area contributed by atoms with Gasteiger partial charge in [-0.05, 0) is 30.2 Å². The van der Waals surface area contributed by atoms with Crippen molar-refractivity contribution in [1.29, 1.82) is 0 Å². The summed E-state index contributed by atoms with van der Waals surface area (Å²) in [5, 5.41) is 10.6. The molecule has 17 heavy (non-hydrogen) atoms. The molecule has 0 amide bonds. The monoisotopic (exact) mass is 229 g/mol. The van der Waals surface area contributed by atoms with Gasteiger partial charge in [-0.2, -0.15) is 0 Å². The molecule has 2 heterocycles. The molecule has 1 aromatic carbocycles. The van der Waals surface area contributed by atoms with E-state index in [9.17, 15) is 5.11 Å². The van der Waals surface area contributed by atoms with Crippen molar-refractivity contribution in [2.75, 3.05) is 19.8 Å². The first-order chi connectivity index (χ1) is 8.31. The van der Waals surface area contributed by atoms with Crippen LogP contribution in [0.25, 0.3) is 10.9 Å². The van der Waals surface area contributed by atoms with Gasteiger partial charge in [0.1, 0.15) is 0 Å². The average molecular weight is 229 g/mol. The third-order valence-electron chi connectivity index (χ3n) is 3.40. The molecule has 3 heteroatoms. The second-order valence-electron chi connectivity index (χ2n) is 4.86. The lowest BCUT2D eigenvalue weighted by molar-refractivity contribution is -0.135. The lowest BCUT2D eigenvalue weighted by Gasteiger charge is -2.40. The number of pyridine rings is 1. The Morgan fingerprint density at radius 2 is 2.18 bits per heavy atom. The van der Waals surface area contributed by atoms with E-state index in [4.69, 9.17) is 4.74 Å². The van der Waals surface area contributed by atoms with Gasteiger partial charge in [0.15, 0.2) is 0 Å². The number of aromatic nitrogens is 1. The minimum Gasteiger partial charge on any atom is -0.396 e. The van der Waals surface area contributed by atoms with Crippen LogP contribution in [0.2, 0.25) is 0 Å². The fourth-order valence-corrected chi connectivity index (χ4v) is 2.31. The number of benzene rings is 1. The van der Waals surface area contributed by atoms with Crippen molar-refractivity contribution in [3.63, 3.8) is 0 Å². The lowest BCUT2D eigenvalue weighted by Crippen LogP contribution is -2.47. The molecule has 0 atom stereocenters. The van der Waals surface area contributed by atoms with Crippen LogP contribution in [0.15, 0.2) is 36.5 Å². The van der Waals surface area contributed by atoms with E-state index >= 15 is 0 Å². The van der Waals surface area contributed by atoms with Crippen molar-refractivity contribution in [2.24, 2.45) is 5.41 Å². The third-order valence-corrected chi connectivity index (χ3v) is 3.40. The van der Waals surface area contributed by atoms with Crippen LogP contribution < -0.4 is 0 Å². The largest absolute Gasteiger partial charge is 0.396 e. The Morgan fingerprint density at radius 1 is 1.29 bits per heavy atom. The van der Waals surface area contributed by atoms with Gasteiger partial charge >= 0.3 is 0 Å². The number of nitrogens with zero attached hydrogens (tertiary/aromatic N) is 1. The second kappa shape index (κ2) is 4.09. The molecule has 3 nitrogen and oxygen atoms in total. The van der Waals surface area contributed by atoms with Gasteiger partial charge in [-0.25, -0.2) is 0 Å². The van der Waals surface area contributed by atoms with Crippen molar-refractivity contribution >= 4 is 10.9 Å². The highest BCUT2D eigenvalue weighted by Crippen LogP contribution is 2.31. The standard InChI is InChI=1S/C14H15NO2/c16-8-14(9-17-10-14)7-11-3-4-13-12(6-11)2-1-5-15-13/h1-6,16H,7-10H2. The maximum atomic E-state index is 9.42. The Labute approximate surface area is 100 Å². The fraction of sp³-hybridized carbons (Fsp3) is 0.357. The molecule has 0 radical (unpaired) electrons. The van der Waals surface area contributed by atoms with Crippen molar-refractivity contribution in [2.45, 2.75) is 6.42 Å². The molecule has 0 unspecified atom stereocenters.